The fraction of sp³-hybridized carbons (Fsp3) is 0.0556. The number of benzene rings is 2. The van der Waals surface area contributed by atoms with Crippen LogP contribution in [0.3, 0.4) is 0 Å². The lowest BCUT2D eigenvalue weighted by Gasteiger charge is -2.08. The van der Waals surface area contributed by atoms with E-state index in [-0.39, 0.29) is 23.9 Å². The number of nitrogens with one attached hydrogen (secondary N) is 1. The summed E-state index contributed by atoms with van der Waals surface area (Å²) in [5, 5.41) is 17.3. The molecule has 0 atom stereocenters. The van der Waals surface area contributed by atoms with Crippen molar-refractivity contribution >= 4 is 23.2 Å². The molecule has 0 aliphatic heterocycles. The van der Waals surface area contributed by atoms with Crippen molar-refractivity contribution in [3.05, 3.63) is 76.6 Å². The molecule has 10 heteroatoms. The topological polar surface area (TPSA) is 142 Å². The van der Waals surface area contributed by atoms with Crippen LogP contribution in [0.15, 0.2) is 60.8 Å². The van der Waals surface area contributed by atoms with E-state index in [4.69, 9.17) is 10.5 Å². The summed E-state index contributed by atoms with van der Waals surface area (Å²) in [6.07, 6.45) is 1.60. The Balaban J connectivity index is 1.55. The van der Waals surface area contributed by atoms with Gasteiger partial charge in [-0.25, -0.2) is 4.68 Å². The zero-order chi connectivity index (χ0) is 20.1. The van der Waals surface area contributed by atoms with Crippen molar-refractivity contribution < 1.29 is 19.2 Å². The zero-order valence-electron chi connectivity index (χ0n) is 14.4. The summed E-state index contributed by atoms with van der Waals surface area (Å²) in [7, 11) is 0. The maximum absolute atomic E-state index is 12.0. The summed E-state index contributed by atoms with van der Waals surface area (Å²) in [4.78, 5) is 33.2. The molecule has 0 saturated heterocycles. The number of amides is 2. The highest BCUT2D eigenvalue weighted by Crippen LogP contribution is 2.17. The summed E-state index contributed by atoms with van der Waals surface area (Å²) in [5.74, 6) is -0.656. The van der Waals surface area contributed by atoms with E-state index >= 15 is 0 Å². The lowest BCUT2D eigenvalue weighted by atomic mass is 10.3. The monoisotopic (exact) mass is 381 g/mol. The highest BCUT2D eigenvalue weighted by Gasteiger charge is 2.08. The van der Waals surface area contributed by atoms with Crippen LogP contribution in [-0.4, -0.2) is 33.1 Å². The van der Waals surface area contributed by atoms with Crippen molar-refractivity contribution in [2.24, 2.45) is 5.73 Å². The Hall–Kier alpha value is -4.21. The standard InChI is InChI=1S/C18H15N5O5/c19-18(25)16-9-10-22(21-16)13-3-1-12(2-4-13)20-17(24)11-28-15-7-5-14(6-8-15)23(26)27/h1-10H,11H2,(H2,19,25)(H,20,24). The maximum atomic E-state index is 12.0. The minimum atomic E-state index is -0.615. The molecule has 3 rings (SSSR count). The van der Waals surface area contributed by atoms with Crippen molar-refractivity contribution in [2.45, 2.75) is 0 Å². The van der Waals surface area contributed by atoms with Crippen LogP contribution in [0, 0.1) is 10.1 Å². The van der Waals surface area contributed by atoms with Gasteiger partial charge in [0.1, 0.15) is 11.4 Å². The summed E-state index contributed by atoms with van der Waals surface area (Å²) in [6, 6.07) is 13.7. The third-order valence-electron chi connectivity index (χ3n) is 3.67. The Morgan fingerprint density at radius 1 is 1.11 bits per heavy atom. The van der Waals surface area contributed by atoms with Gasteiger partial charge in [-0.1, -0.05) is 0 Å². The minimum Gasteiger partial charge on any atom is -0.484 e. The van der Waals surface area contributed by atoms with Crippen LogP contribution in [0.1, 0.15) is 10.5 Å². The molecule has 10 nitrogen and oxygen atoms in total. The molecule has 0 unspecified atom stereocenters. The molecule has 2 aromatic carbocycles. The number of nitrogens with zero attached hydrogens (tertiary/aromatic N) is 3. The van der Waals surface area contributed by atoms with E-state index in [1.807, 2.05) is 0 Å². The number of primary amides is 1. The molecule has 28 heavy (non-hydrogen) atoms. The number of aromatic nitrogens is 2. The molecular formula is C18H15N5O5. The summed E-state index contributed by atoms with van der Waals surface area (Å²) < 4.78 is 6.79. The number of non-ortho nitro benzene ring substituents is 1. The molecule has 1 heterocycles. The molecular weight excluding hydrogens is 366 g/mol. The van der Waals surface area contributed by atoms with Crippen LogP contribution in [0.2, 0.25) is 0 Å². The second kappa shape index (κ2) is 7.99. The molecule has 0 bridgehead atoms. The van der Waals surface area contributed by atoms with Gasteiger partial charge in [-0.2, -0.15) is 5.10 Å². The van der Waals surface area contributed by atoms with Gasteiger partial charge in [0.15, 0.2) is 6.61 Å². The van der Waals surface area contributed by atoms with Crippen LogP contribution in [0.5, 0.6) is 5.75 Å². The van der Waals surface area contributed by atoms with Gasteiger partial charge in [0.05, 0.1) is 10.6 Å². The van der Waals surface area contributed by atoms with Crippen molar-refractivity contribution in [1.29, 1.82) is 0 Å². The number of ether oxygens (including phenoxy) is 1. The second-order valence-electron chi connectivity index (χ2n) is 5.64. The first-order valence-electron chi connectivity index (χ1n) is 8.05. The third kappa shape index (κ3) is 4.49. The number of nitro groups is 1. The van der Waals surface area contributed by atoms with Crippen molar-refractivity contribution in [1.82, 2.24) is 9.78 Å². The normalized spacial score (nSPS) is 10.3. The summed E-state index contributed by atoms with van der Waals surface area (Å²) in [6.45, 7) is -0.249. The fourth-order valence-corrected chi connectivity index (χ4v) is 2.31. The van der Waals surface area contributed by atoms with Crippen LogP contribution in [0.25, 0.3) is 5.69 Å². The Labute approximate surface area is 158 Å². The van der Waals surface area contributed by atoms with Gasteiger partial charge in [-0.05, 0) is 42.5 Å². The third-order valence-corrected chi connectivity index (χ3v) is 3.67. The average molecular weight is 381 g/mol. The molecule has 0 aliphatic carbocycles. The number of rotatable bonds is 7. The Kier molecular flexibility index (Phi) is 5.30. The van der Waals surface area contributed by atoms with Crippen LogP contribution in [-0.2, 0) is 4.79 Å². The van der Waals surface area contributed by atoms with E-state index < -0.39 is 10.8 Å². The number of hydrogen-bond donors (Lipinski definition) is 2. The van der Waals surface area contributed by atoms with E-state index in [2.05, 4.69) is 10.4 Å². The molecule has 3 aromatic rings. The number of carbonyl (C=O) groups excluding carboxylic acids is 2. The molecule has 1 aromatic heterocycles. The largest absolute Gasteiger partial charge is 0.484 e. The number of hydrogen-bond acceptors (Lipinski definition) is 6. The quantitative estimate of drug-likeness (QED) is 0.473. The van der Waals surface area contributed by atoms with Crippen LogP contribution >= 0.6 is 0 Å². The molecule has 0 spiro atoms. The lowest BCUT2D eigenvalue weighted by molar-refractivity contribution is -0.384. The van der Waals surface area contributed by atoms with Crippen LogP contribution < -0.4 is 15.8 Å². The molecule has 0 saturated carbocycles. The molecule has 0 fully saturated rings. The van der Waals surface area contributed by atoms with Crippen molar-refractivity contribution in [2.75, 3.05) is 11.9 Å². The molecule has 2 amide bonds. The first kappa shape index (κ1) is 18.6. The number of carbonyl (C=O) groups is 2. The fourth-order valence-electron chi connectivity index (χ4n) is 2.31. The maximum Gasteiger partial charge on any atom is 0.269 e. The zero-order valence-corrected chi connectivity index (χ0v) is 14.4. The van der Waals surface area contributed by atoms with Gasteiger partial charge < -0.3 is 15.8 Å². The van der Waals surface area contributed by atoms with E-state index in [0.29, 0.717) is 17.1 Å². The predicted octanol–water partition coefficient (Wildman–Crippen LogP) is 1.90. The summed E-state index contributed by atoms with van der Waals surface area (Å²) >= 11 is 0. The lowest BCUT2D eigenvalue weighted by Crippen LogP contribution is -2.20. The highest BCUT2D eigenvalue weighted by atomic mass is 16.6. The summed E-state index contributed by atoms with van der Waals surface area (Å²) in [5.41, 5.74) is 6.50. The SMILES string of the molecule is NC(=O)c1ccn(-c2ccc(NC(=O)COc3ccc([N+](=O)[O-])cc3)cc2)n1. The average Bonchev–Trinajstić information content (AvgIpc) is 3.18. The Morgan fingerprint density at radius 3 is 2.36 bits per heavy atom. The van der Waals surface area contributed by atoms with Gasteiger partial charge in [0.25, 0.3) is 17.5 Å². The van der Waals surface area contributed by atoms with E-state index in [1.54, 1.807) is 30.5 Å². The Bertz CT molecular complexity index is 1010. The van der Waals surface area contributed by atoms with Crippen molar-refractivity contribution in [3.63, 3.8) is 0 Å². The molecule has 3 N–H and O–H groups in total. The number of nitrogens with two attached hydrogens (primary N) is 1. The van der Waals surface area contributed by atoms with Crippen LogP contribution in [0.4, 0.5) is 11.4 Å². The highest BCUT2D eigenvalue weighted by molar-refractivity contribution is 5.92. The van der Waals surface area contributed by atoms with Gasteiger partial charge in [0.2, 0.25) is 0 Å². The first-order valence-corrected chi connectivity index (χ1v) is 8.05. The van der Waals surface area contributed by atoms with Crippen molar-refractivity contribution in [3.8, 4) is 11.4 Å². The molecule has 0 radical (unpaired) electrons. The number of nitro benzene ring substituents is 1. The van der Waals surface area contributed by atoms with Gasteiger partial charge in [-0.3, -0.25) is 19.7 Å². The Morgan fingerprint density at radius 2 is 1.79 bits per heavy atom. The van der Waals surface area contributed by atoms with Gasteiger partial charge in [0, 0.05) is 24.0 Å². The smallest absolute Gasteiger partial charge is 0.269 e. The second-order valence-corrected chi connectivity index (χ2v) is 5.64. The van der Waals surface area contributed by atoms with E-state index in [9.17, 15) is 19.7 Å². The van der Waals surface area contributed by atoms with E-state index in [1.165, 1.54) is 35.0 Å². The predicted molar refractivity (Wildman–Crippen MR) is 99.3 cm³/mol. The molecule has 0 aliphatic rings. The van der Waals surface area contributed by atoms with Gasteiger partial charge in [-0.15, -0.1) is 0 Å². The minimum absolute atomic E-state index is 0.0583. The first-order chi connectivity index (χ1) is 13.4. The number of anilines is 1. The van der Waals surface area contributed by atoms with Gasteiger partial charge >= 0.3 is 0 Å². The van der Waals surface area contributed by atoms with E-state index in [0.717, 1.165) is 0 Å². The molecule has 142 valence electrons.